The van der Waals surface area contributed by atoms with Crippen LogP contribution in [0.3, 0.4) is 0 Å². The van der Waals surface area contributed by atoms with Crippen LogP contribution in [-0.2, 0) is 6.54 Å². The number of halogens is 1. The molecule has 1 aromatic carbocycles. The van der Waals surface area contributed by atoms with Crippen LogP contribution in [0.1, 0.15) is 16.1 Å². The zero-order valence-corrected chi connectivity index (χ0v) is 8.55. The van der Waals surface area contributed by atoms with Gasteiger partial charge < -0.3 is 0 Å². The van der Waals surface area contributed by atoms with Crippen molar-refractivity contribution in [1.29, 1.82) is 0 Å². The number of carbonyl (C=O) groups is 1. The van der Waals surface area contributed by atoms with Crippen molar-refractivity contribution < 1.29 is 4.79 Å². The monoisotopic (exact) mass is 221 g/mol. The fourth-order valence-corrected chi connectivity index (χ4v) is 1.42. The van der Waals surface area contributed by atoms with Crippen LogP contribution < -0.4 is 0 Å². The van der Waals surface area contributed by atoms with E-state index in [0.29, 0.717) is 12.8 Å². The molecule has 0 spiro atoms. The summed E-state index contributed by atoms with van der Waals surface area (Å²) in [7, 11) is 0. The van der Waals surface area contributed by atoms with E-state index >= 15 is 0 Å². The van der Waals surface area contributed by atoms with Crippen LogP contribution in [0.5, 0.6) is 0 Å². The number of aldehydes is 1. The van der Waals surface area contributed by atoms with Crippen LogP contribution in [0.4, 0.5) is 0 Å². The van der Waals surface area contributed by atoms with Gasteiger partial charge in [-0.05, 0) is 5.56 Å². The summed E-state index contributed by atoms with van der Waals surface area (Å²) in [4.78, 5) is 10.5. The van der Waals surface area contributed by atoms with Crippen molar-refractivity contribution in [1.82, 2.24) is 15.0 Å². The van der Waals surface area contributed by atoms with Gasteiger partial charge in [-0.1, -0.05) is 47.1 Å². The molecule has 0 aliphatic carbocycles. The van der Waals surface area contributed by atoms with Gasteiger partial charge in [0.2, 0.25) is 0 Å². The molecule has 2 rings (SSSR count). The van der Waals surface area contributed by atoms with Gasteiger partial charge in [0, 0.05) is 0 Å². The highest BCUT2D eigenvalue weighted by atomic mass is 35.5. The van der Waals surface area contributed by atoms with Gasteiger partial charge in [0.25, 0.3) is 0 Å². The first kappa shape index (κ1) is 9.86. The zero-order chi connectivity index (χ0) is 10.7. The Kier molecular flexibility index (Phi) is 2.78. The third-order valence-electron chi connectivity index (χ3n) is 1.99. The smallest absolute Gasteiger partial charge is 0.173 e. The number of hydrogen-bond donors (Lipinski definition) is 0. The summed E-state index contributed by atoms with van der Waals surface area (Å²) in [5.41, 5.74) is 1.23. The van der Waals surface area contributed by atoms with Crippen LogP contribution in [0.25, 0.3) is 0 Å². The molecule has 0 N–H and O–H groups in total. The van der Waals surface area contributed by atoms with Gasteiger partial charge in [0.05, 0.1) is 6.54 Å². The summed E-state index contributed by atoms with van der Waals surface area (Å²) in [6.45, 7) is 0.514. The summed E-state index contributed by atoms with van der Waals surface area (Å²) in [5.74, 6) is 0. The predicted octanol–water partition coefficient (Wildman–Crippen LogP) is 1.79. The minimum Gasteiger partial charge on any atom is -0.296 e. The topological polar surface area (TPSA) is 47.8 Å². The Morgan fingerprint density at radius 1 is 1.33 bits per heavy atom. The minimum absolute atomic E-state index is 0.174. The molecule has 0 aliphatic rings. The summed E-state index contributed by atoms with van der Waals surface area (Å²) < 4.78 is 1.49. The van der Waals surface area contributed by atoms with Crippen molar-refractivity contribution in [2.24, 2.45) is 0 Å². The van der Waals surface area contributed by atoms with Crippen molar-refractivity contribution in [3.8, 4) is 0 Å². The van der Waals surface area contributed by atoms with Crippen molar-refractivity contribution >= 4 is 17.9 Å². The lowest BCUT2D eigenvalue weighted by Crippen LogP contribution is -2.01. The summed E-state index contributed by atoms with van der Waals surface area (Å²) in [6, 6.07) is 9.71. The largest absolute Gasteiger partial charge is 0.296 e. The Labute approximate surface area is 91.5 Å². The highest BCUT2D eigenvalue weighted by molar-refractivity contribution is 6.31. The maximum atomic E-state index is 10.5. The highest BCUT2D eigenvalue weighted by Gasteiger charge is 2.09. The molecule has 0 fully saturated rings. The second kappa shape index (κ2) is 4.23. The molecular weight excluding hydrogens is 214 g/mol. The Morgan fingerprint density at radius 2 is 2.07 bits per heavy atom. The lowest BCUT2D eigenvalue weighted by Gasteiger charge is -2.01. The summed E-state index contributed by atoms with van der Waals surface area (Å²) in [5, 5.41) is 7.70. The molecule has 0 aliphatic heterocycles. The van der Waals surface area contributed by atoms with Gasteiger partial charge in [-0.2, -0.15) is 0 Å². The molecule has 4 nitrogen and oxygen atoms in total. The Morgan fingerprint density at radius 3 is 2.67 bits per heavy atom. The Bertz CT molecular complexity index is 467. The van der Waals surface area contributed by atoms with E-state index < -0.39 is 0 Å². The van der Waals surface area contributed by atoms with E-state index in [1.807, 2.05) is 30.3 Å². The molecule has 15 heavy (non-hydrogen) atoms. The number of hydrogen-bond acceptors (Lipinski definition) is 3. The van der Waals surface area contributed by atoms with E-state index in [9.17, 15) is 4.79 Å². The van der Waals surface area contributed by atoms with Crippen LogP contribution in [-0.4, -0.2) is 21.3 Å². The van der Waals surface area contributed by atoms with E-state index in [0.717, 1.165) is 5.56 Å². The average molecular weight is 222 g/mol. The second-order valence-corrected chi connectivity index (χ2v) is 3.38. The number of rotatable bonds is 3. The molecule has 0 unspecified atom stereocenters. The fourth-order valence-electron chi connectivity index (χ4n) is 1.24. The molecule has 0 saturated heterocycles. The maximum absolute atomic E-state index is 10.5. The normalized spacial score (nSPS) is 10.2. The van der Waals surface area contributed by atoms with E-state index in [4.69, 9.17) is 11.6 Å². The number of nitrogens with zero attached hydrogens (tertiary/aromatic N) is 3. The molecule has 0 atom stereocenters. The molecule has 76 valence electrons. The Hall–Kier alpha value is -1.68. The lowest BCUT2D eigenvalue weighted by atomic mass is 10.2. The van der Waals surface area contributed by atoms with Crippen molar-refractivity contribution in [2.45, 2.75) is 6.54 Å². The van der Waals surface area contributed by atoms with Gasteiger partial charge in [-0.25, -0.2) is 4.68 Å². The molecule has 2 aromatic rings. The minimum atomic E-state index is 0.174. The van der Waals surface area contributed by atoms with Gasteiger partial charge in [-0.15, -0.1) is 5.10 Å². The van der Waals surface area contributed by atoms with Gasteiger partial charge in [-0.3, -0.25) is 4.79 Å². The molecule has 0 radical (unpaired) electrons. The second-order valence-electron chi connectivity index (χ2n) is 3.03. The first-order valence-corrected chi connectivity index (χ1v) is 4.77. The number of carbonyl (C=O) groups excluding carboxylic acids is 1. The standard InChI is InChI=1S/C10H8ClN3O/c11-10-9(7-15)12-13-14(10)6-8-4-2-1-3-5-8/h1-5,7H,6H2. The van der Waals surface area contributed by atoms with Gasteiger partial charge >= 0.3 is 0 Å². The maximum Gasteiger partial charge on any atom is 0.173 e. The first-order chi connectivity index (χ1) is 7.31. The number of aromatic nitrogens is 3. The molecule has 5 heteroatoms. The molecule has 1 aromatic heterocycles. The predicted molar refractivity (Wildman–Crippen MR) is 56.0 cm³/mol. The zero-order valence-electron chi connectivity index (χ0n) is 7.80. The SMILES string of the molecule is O=Cc1nnn(Cc2ccccc2)c1Cl. The van der Waals surface area contributed by atoms with E-state index in [1.165, 1.54) is 4.68 Å². The number of benzene rings is 1. The third kappa shape index (κ3) is 2.05. The summed E-state index contributed by atoms with van der Waals surface area (Å²) >= 11 is 5.88. The van der Waals surface area contributed by atoms with Crippen molar-refractivity contribution in [3.05, 3.63) is 46.7 Å². The molecule has 0 saturated carbocycles. The Balaban J connectivity index is 2.25. The van der Waals surface area contributed by atoms with Crippen molar-refractivity contribution in [2.75, 3.05) is 0 Å². The average Bonchev–Trinajstić information content (AvgIpc) is 2.62. The van der Waals surface area contributed by atoms with E-state index in [-0.39, 0.29) is 10.8 Å². The van der Waals surface area contributed by atoms with E-state index in [1.54, 1.807) is 0 Å². The van der Waals surface area contributed by atoms with Crippen LogP contribution in [0.15, 0.2) is 30.3 Å². The molecular formula is C10H8ClN3O. The van der Waals surface area contributed by atoms with E-state index in [2.05, 4.69) is 10.3 Å². The summed E-state index contributed by atoms with van der Waals surface area (Å²) in [6.07, 6.45) is 0.594. The lowest BCUT2D eigenvalue weighted by molar-refractivity contribution is 0.111. The van der Waals surface area contributed by atoms with Gasteiger partial charge in [0.1, 0.15) is 0 Å². The van der Waals surface area contributed by atoms with Crippen LogP contribution >= 0.6 is 11.6 Å². The third-order valence-corrected chi connectivity index (χ3v) is 2.37. The van der Waals surface area contributed by atoms with Crippen LogP contribution in [0.2, 0.25) is 5.15 Å². The molecule has 0 bridgehead atoms. The molecule has 1 heterocycles. The van der Waals surface area contributed by atoms with Gasteiger partial charge in [0.15, 0.2) is 17.1 Å². The first-order valence-electron chi connectivity index (χ1n) is 4.39. The fraction of sp³-hybridized carbons (Fsp3) is 0.100. The highest BCUT2D eigenvalue weighted by Crippen LogP contribution is 2.12. The quantitative estimate of drug-likeness (QED) is 0.743. The van der Waals surface area contributed by atoms with Crippen molar-refractivity contribution in [3.63, 3.8) is 0 Å². The van der Waals surface area contributed by atoms with Crippen LogP contribution in [0, 0.1) is 0 Å². The molecule has 0 amide bonds.